The zero-order valence-corrected chi connectivity index (χ0v) is 12.1. The Morgan fingerprint density at radius 1 is 0.818 bits per heavy atom. The topological polar surface area (TPSA) is 67.4 Å². The van der Waals surface area contributed by atoms with E-state index >= 15 is 0 Å². The molecule has 2 N–H and O–H groups in total. The van der Waals surface area contributed by atoms with E-state index < -0.39 is 5.91 Å². The van der Waals surface area contributed by atoms with E-state index in [1.807, 2.05) is 60.7 Å². The van der Waals surface area contributed by atoms with Crippen LogP contribution in [0.5, 0.6) is 0 Å². The van der Waals surface area contributed by atoms with Crippen LogP contribution in [0.15, 0.2) is 60.7 Å². The Balaban J connectivity index is 1.62. The molecule has 2 aromatic rings. The van der Waals surface area contributed by atoms with Gasteiger partial charge >= 0.3 is 0 Å². The molecule has 114 valence electrons. The van der Waals surface area contributed by atoms with Gasteiger partial charge in [0, 0.05) is 0 Å². The summed E-state index contributed by atoms with van der Waals surface area (Å²) in [6.45, 7) is 0.172. The highest BCUT2D eigenvalue weighted by atomic mass is 16.6. The summed E-state index contributed by atoms with van der Waals surface area (Å²) in [4.78, 5) is 28.3. The molecule has 0 radical (unpaired) electrons. The predicted molar refractivity (Wildman–Crippen MR) is 82.5 cm³/mol. The van der Waals surface area contributed by atoms with E-state index in [0.717, 1.165) is 11.1 Å². The lowest BCUT2D eigenvalue weighted by molar-refractivity contribution is -0.135. The Labute approximate surface area is 129 Å². The van der Waals surface area contributed by atoms with Gasteiger partial charge in [-0.25, -0.2) is 5.48 Å². The van der Waals surface area contributed by atoms with Crippen LogP contribution in [0.4, 0.5) is 0 Å². The molecule has 0 aliphatic rings. The molecule has 0 bridgehead atoms. The zero-order valence-electron chi connectivity index (χ0n) is 12.1. The molecule has 0 saturated heterocycles. The third-order valence-corrected chi connectivity index (χ3v) is 2.92. The number of hydrogen-bond donors (Lipinski definition) is 2. The number of carbonyl (C=O) groups is 2. The van der Waals surface area contributed by atoms with Crippen LogP contribution in [-0.4, -0.2) is 18.4 Å². The Morgan fingerprint density at radius 2 is 1.41 bits per heavy atom. The van der Waals surface area contributed by atoms with Crippen molar-refractivity contribution in [2.45, 2.75) is 13.0 Å². The maximum absolute atomic E-state index is 11.7. The summed E-state index contributed by atoms with van der Waals surface area (Å²) >= 11 is 0. The number of nitrogens with one attached hydrogen (secondary N) is 2. The van der Waals surface area contributed by atoms with E-state index in [1.165, 1.54) is 0 Å². The Bertz CT molecular complexity index is 600. The van der Waals surface area contributed by atoms with Gasteiger partial charge in [0.15, 0.2) is 0 Å². The van der Waals surface area contributed by atoms with Gasteiger partial charge in [0.25, 0.3) is 5.91 Å². The lowest BCUT2D eigenvalue weighted by atomic mass is 10.1. The summed E-state index contributed by atoms with van der Waals surface area (Å²) in [5.41, 5.74) is 4.15. The van der Waals surface area contributed by atoms with Gasteiger partial charge < -0.3 is 5.32 Å². The number of benzene rings is 2. The Morgan fingerprint density at radius 3 is 2.05 bits per heavy atom. The normalized spacial score (nSPS) is 10.0. The molecule has 0 aliphatic carbocycles. The van der Waals surface area contributed by atoms with Crippen molar-refractivity contribution in [2.24, 2.45) is 0 Å². The monoisotopic (exact) mass is 298 g/mol. The molecule has 2 aromatic carbocycles. The summed E-state index contributed by atoms with van der Waals surface area (Å²) in [6, 6.07) is 18.8. The number of rotatable bonds is 7. The maximum atomic E-state index is 11.7. The first-order chi connectivity index (χ1) is 10.7. The Hall–Kier alpha value is -2.66. The van der Waals surface area contributed by atoms with Crippen molar-refractivity contribution in [2.75, 3.05) is 6.54 Å². The molecular formula is C17H18N2O3. The number of hydrogen-bond acceptors (Lipinski definition) is 3. The van der Waals surface area contributed by atoms with Crippen LogP contribution in [0.25, 0.3) is 0 Å². The van der Waals surface area contributed by atoms with E-state index in [1.54, 1.807) is 0 Å². The van der Waals surface area contributed by atoms with Crippen molar-refractivity contribution >= 4 is 11.8 Å². The minimum Gasteiger partial charge on any atom is -0.347 e. The fourth-order valence-corrected chi connectivity index (χ4v) is 1.83. The molecular weight excluding hydrogens is 280 g/mol. The first kappa shape index (κ1) is 15.7. The highest BCUT2D eigenvalue weighted by Gasteiger charge is 2.06. The van der Waals surface area contributed by atoms with Crippen molar-refractivity contribution < 1.29 is 14.4 Å². The highest BCUT2D eigenvalue weighted by molar-refractivity contribution is 5.85. The summed E-state index contributed by atoms with van der Waals surface area (Å²) in [7, 11) is 0. The van der Waals surface area contributed by atoms with Crippen molar-refractivity contribution in [1.82, 2.24) is 10.8 Å². The average Bonchev–Trinajstić information content (AvgIpc) is 2.55. The van der Waals surface area contributed by atoms with Crippen LogP contribution in [0.2, 0.25) is 0 Å². The largest absolute Gasteiger partial charge is 0.347 e. The van der Waals surface area contributed by atoms with E-state index in [4.69, 9.17) is 4.84 Å². The molecule has 5 heteroatoms. The zero-order chi connectivity index (χ0) is 15.6. The van der Waals surface area contributed by atoms with Gasteiger partial charge in [-0.3, -0.25) is 14.4 Å². The number of amides is 2. The molecule has 2 amide bonds. The molecule has 0 atom stereocenters. The van der Waals surface area contributed by atoms with Gasteiger partial charge in [0.05, 0.1) is 19.6 Å². The molecule has 0 fully saturated rings. The molecule has 5 nitrogen and oxygen atoms in total. The molecule has 0 heterocycles. The molecule has 0 unspecified atom stereocenters. The van der Waals surface area contributed by atoms with E-state index in [9.17, 15) is 9.59 Å². The van der Waals surface area contributed by atoms with Crippen LogP contribution in [0, 0.1) is 0 Å². The van der Waals surface area contributed by atoms with Crippen LogP contribution >= 0.6 is 0 Å². The Kier molecular flexibility index (Phi) is 6.14. The van der Waals surface area contributed by atoms with Crippen molar-refractivity contribution in [3.63, 3.8) is 0 Å². The first-order valence-electron chi connectivity index (χ1n) is 6.99. The third kappa shape index (κ3) is 5.76. The standard InChI is InChI=1S/C17H18N2O3/c20-16(11-14-7-3-1-4-8-14)18-12-17(21)19-22-13-15-9-5-2-6-10-15/h1-10H,11-13H2,(H,18,20)(H,19,21). The lowest BCUT2D eigenvalue weighted by Crippen LogP contribution is -2.37. The predicted octanol–water partition coefficient (Wildman–Crippen LogP) is 1.59. The summed E-state index contributed by atoms with van der Waals surface area (Å²) in [5.74, 6) is -0.596. The van der Waals surface area contributed by atoms with Crippen LogP contribution in [-0.2, 0) is 27.5 Å². The van der Waals surface area contributed by atoms with Gasteiger partial charge in [-0.05, 0) is 11.1 Å². The average molecular weight is 298 g/mol. The summed E-state index contributed by atoms with van der Waals surface area (Å²) in [5, 5.41) is 2.55. The highest BCUT2D eigenvalue weighted by Crippen LogP contribution is 1.99. The second-order valence-electron chi connectivity index (χ2n) is 4.74. The second-order valence-corrected chi connectivity index (χ2v) is 4.74. The van der Waals surface area contributed by atoms with Gasteiger partial charge in [0.2, 0.25) is 5.91 Å². The molecule has 0 aromatic heterocycles. The van der Waals surface area contributed by atoms with E-state index in [-0.39, 0.29) is 25.5 Å². The van der Waals surface area contributed by atoms with Crippen LogP contribution in [0.1, 0.15) is 11.1 Å². The van der Waals surface area contributed by atoms with Gasteiger partial charge in [-0.2, -0.15) is 0 Å². The fourth-order valence-electron chi connectivity index (χ4n) is 1.83. The van der Waals surface area contributed by atoms with Gasteiger partial charge in [-0.1, -0.05) is 60.7 Å². The molecule has 22 heavy (non-hydrogen) atoms. The molecule has 0 aliphatic heterocycles. The SMILES string of the molecule is O=C(Cc1ccccc1)NCC(=O)NOCc1ccccc1. The van der Waals surface area contributed by atoms with Crippen molar-refractivity contribution in [3.05, 3.63) is 71.8 Å². The fraction of sp³-hybridized carbons (Fsp3) is 0.176. The maximum Gasteiger partial charge on any atom is 0.262 e. The second kappa shape index (κ2) is 8.59. The number of carbonyl (C=O) groups excluding carboxylic acids is 2. The third-order valence-electron chi connectivity index (χ3n) is 2.92. The van der Waals surface area contributed by atoms with Crippen LogP contribution < -0.4 is 10.8 Å². The number of hydroxylamine groups is 1. The minimum absolute atomic E-state index is 0.111. The first-order valence-corrected chi connectivity index (χ1v) is 6.99. The molecule has 0 saturated carbocycles. The summed E-state index contributed by atoms with van der Waals surface area (Å²) < 4.78 is 0. The van der Waals surface area contributed by atoms with E-state index in [0.29, 0.717) is 0 Å². The van der Waals surface area contributed by atoms with Crippen molar-refractivity contribution in [3.8, 4) is 0 Å². The quantitative estimate of drug-likeness (QED) is 0.763. The molecule has 2 rings (SSSR count). The van der Waals surface area contributed by atoms with Gasteiger partial charge in [0.1, 0.15) is 0 Å². The molecule has 0 spiro atoms. The van der Waals surface area contributed by atoms with Gasteiger partial charge in [-0.15, -0.1) is 0 Å². The van der Waals surface area contributed by atoms with Crippen LogP contribution in [0.3, 0.4) is 0 Å². The van der Waals surface area contributed by atoms with E-state index in [2.05, 4.69) is 10.8 Å². The lowest BCUT2D eigenvalue weighted by Gasteiger charge is -2.07. The summed E-state index contributed by atoms with van der Waals surface area (Å²) in [6.07, 6.45) is 0.249. The minimum atomic E-state index is -0.391. The van der Waals surface area contributed by atoms with Crippen molar-refractivity contribution in [1.29, 1.82) is 0 Å². The smallest absolute Gasteiger partial charge is 0.262 e.